The average molecular weight is 251 g/mol. The van der Waals surface area contributed by atoms with Crippen LogP contribution < -0.4 is 0 Å². The number of carboxylic acids is 1. The Hall–Kier alpha value is 0.463. The number of hydrogen-bond donors (Lipinski definition) is 3. The molecular weight excluding hydrogens is 242 g/mol. The van der Waals surface area contributed by atoms with E-state index in [-0.39, 0.29) is 31.7 Å². The SMILES string of the molecule is CC(=O)O.O.O=[PH](O)O.[Zr]. The van der Waals surface area contributed by atoms with Gasteiger partial charge in [-0.3, -0.25) is 9.36 Å². The smallest absolute Gasteiger partial charge is 0.314 e. The van der Waals surface area contributed by atoms with Crippen LogP contribution >= 0.6 is 8.25 Å². The third-order valence-corrected chi connectivity index (χ3v) is 0. The molecule has 0 spiro atoms. The number of carboxylic acid groups (broad SMARTS) is 1. The second kappa shape index (κ2) is 16.2. The number of hydrogen-bond acceptors (Lipinski definition) is 2. The number of rotatable bonds is 0. The first kappa shape index (κ1) is 22.4. The van der Waals surface area contributed by atoms with Crippen LogP contribution in [0.5, 0.6) is 0 Å². The van der Waals surface area contributed by atoms with Crippen molar-refractivity contribution in [1.29, 1.82) is 0 Å². The molecule has 0 aromatic carbocycles. The Balaban J connectivity index is -0.0000000300. The zero-order valence-corrected chi connectivity index (χ0v) is 8.62. The van der Waals surface area contributed by atoms with Crippen LogP contribution in [0, 0.1) is 0 Å². The van der Waals surface area contributed by atoms with Crippen molar-refractivity contribution in [3.05, 3.63) is 0 Å². The van der Waals surface area contributed by atoms with Gasteiger partial charge in [-0.25, -0.2) is 0 Å². The molecule has 6 nitrogen and oxygen atoms in total. The van der Waals surface area contributed by atoms with E-state index in [4.69, 9.17) is 24.3 Å². The van der Waals surface area contributed by atoms with E-state index in [0.717, 1.165) is 6.92 Å². The van der Waals surface area contributed by atoms with E-state index in [1.165, 1.54) is 0 Å². The van der Waals surface area contributed by atoms with Gasteiger partial charge in [0.2, 0.25) is 0 Å². The minimum Gasteiger partial charge on any atom is -0.481 e. The molecule has 0 aliphatic carbocycles. The Morgan fingerprint density at radius 1 is 1.40 bits per heavy atom. The zero-order chi connectivity index (χ0) is 7.15. The van der Waals surface area contributed by atoms with Crippen LogP contribution in [0.2, 0.25) is 0 Å². The molecule has 0 unspecified atom stereocenters. The van der Waals surface area contributed by atoms with Gasteiger partial charge < -0.3 is 20.4 Å². The maximum Gasteiger partial charge on any atom is 0.314 e. The van der Waals surface area contributed by atoms with Crippen molar-refractivity contribution >= 4 is 14.2 Å². The standard InChI is InChI=1S/C2H4O2.H3O3P.H2O.Zr/c1-2(3)4;1-4(2)3;;/h1H3,(H,3,4);4H,(H2,1,2,3);1H2;. The monoisotopic (exact) mass is 250 g/mol. The summed E-state index contributed by atoms with van der Waals surface area (Å²) in [4.78, 5) is 23.3. The molecule has 0 heterocycles. The molecule has 0 aromatic rings. The van der Waals surface area contributed by atoms with Gasteiger partial charge in [0.05, 0.1) is 0 Å². The van der Waals surface area contributed by atoms with Crippen molar-refractivity contribution in [2.75, 3.05) is 0 Å². The largest absolute Gasteiger partial charge is 0.481 e. The van der Waals surface area contributed by atoms with Crippen molar-refractivity contribution < 1.29 is 55.9 Å². The van der Waals surface area contributed by atoms with Crippen LogP contribution in [0.25, 0.3) is 0 Å². The summed E-state index contributed by atoms with van der Waals surface area (Å²) >= 11 is 0. The molecule has 0 amide bonds. The molecule has 0 bridgehead atoms. The molecule has 0 saturated heterocycles. The maximum atomic E-state index is 9.00. The summed E-state index contributed by atoms with van der Waals surface area (Å²) < 4.78 is 8.74. The Morgan fingerprint density at radius 2 is 1.40 bits per heavy atom. The quantitative estimate of drug-likeness (QED) is 0.457. The molecule has 0 saturated carbocycles. The normalized spacial score (nSPS) is 6.00. The topological polar surface area (TPSA) is 126 Å². The van der Waals surface area contributed by atoms with Crippen molar-refractivity contribution in [3.63, 3.8) is 0 Å². The van der Waals surface area contributed by atoms with Crippen LogP contribution in [0.4, 0.5) is 0 Å². The Labute approximate surface area is 77.3 Å². The molecule has 10 heavy (non-hydrogen) atoms. The van der Waals surface area contributed by atoms with Gasteiger partial charge in [-0.15, -0.1) is 0 Å². The predicted molar refractivity (Wildman–Crippen MR) is 30.4 cm³/mol. The minimum absolute atomic E-state index is 0. The van der Waals surface area contributed by atoms with Gasteiger partial charge in [-0.05, 0) is 0 Å². The van der Waals surface area contributed by atoms with Crippen LogP contribution in [-0.2, 0) is 35.6 Å². The van der Waals surface area contributed by atoms with Gasteiger partial charge in [-0.2, -0.15) is 0 Å². The number of carbonyl (C=O) groups is 1. The Bertz CT molecular complexity index is 73.7. The van der Waals surface area contributed by atoms with E-state index in [1.54, 1.807) is 0 Å². The van der Waals surface area contributed by atoms with E-state index in [9.17, 15) is 0 Å². The molecule has 0 radical (unpaired) electrons. The fourth-order valence-corrected chi connectivity index (χ4v) is 0. The predicted octanol–water partition coefficient (Wildman–Crippen LogP) is -1.38. The molecule has 5 N–H and O–H groups in total. The first-order chi connectivity index (χ1) is 3.46. The molecule has 62 valence electrons. The summed E-state index contributed by atoms with van der Waals surface area (Å²) in [7, 11) is -3.13. The Kier molecular flexibility index (Phi) is 36.4. The van der Waals surface area contributed by atoms with Crippen molar-refractivity contribution in [3.8, 4) is 0 Å². The summed E-state index contributed by atoms with van der Waals surface area (Å²) in [6.07, 6.45) is 0. The average Bonchev–Trinajstić information content (AvgIpc) is 1.25. The fourth-order valence-electron chi connectivity index (χ4n) is 0. The van der Waals surface area contributed by atoms with Gasteiger partial charge >= 0.3 is 8.25 Å². The van der Waals surface area contributed by atoms with E-state index in [0.29, 0.717) is 0 Å². The molecule has 0 fully saturated rings. The van der Waals surface area contributed by atoms with Gasteiger partial charge in [0.1, 0.15) is 0 Å². The minimum atomic E-state index is -3.13. The molecule has 0 aliphatic heterocycles. The van der Waals surface area contributed by atoms with E-state index in [2.05, 4.69) is 0 Å². The fraction of sp³-hybridized carbons (Fsp3) is 0.500. The molecule has 0 rings (SSSR count). The van der Waals surface area contributed by atoms with Gasteiger partial charge in [0, 0.05) is 33.1 Å². The van der Waals surface area contributed by atoms with E-state index in [1.807, 2.05) is 0 Å². The maximum absolute atomic E-state index is 9.00. The molecular formula is C2H9O6PZr. The number of aliphatic carboxylic acids is 1. The summed E-state index contributed by atoms with van der Waals surface area (Å²) in [6.45, 7) is 1.08. The van der Waals surface area contributed by atoms with Gasteiger partial charge in [-0.1, -0.05) is 0 Å². The third kappa shape index (κ3) is 2200. The first-order valence-corrected chi connectivity index (χ1v) is 2.88. The summed E-state index contributed by atoms with van der Waals surface area (Å²) in [5.41, 5.74) is 0. The van der Waals surface area contributed by atoms with E-state index < -0.39 is 14.2 Å². The second-order valence-electron chi connectivity index (χ2n) is 0.802. The summed E-state index contributed by atoms with van der Waals surface area (Å²) in [5.74, 6) is -0.833. The van der Waals surface area contributed by atoms with Crippen molar-refractivity contribution in [2.45, 2.75) is 6.92 Å². The second-order valence-corrected chi connectivity index (χ2v) is 1.37. The first-order valence-electron chi connectivity index (χ1n) is 1.58. The molecule has 8 heteroatoms. The molecule has 0 aliphatic rings. The van der Waals surface area contributed by atoms with Crippen molar-refractivity contribution in [1.82, 2.24) is 0 Å². The van der Waals surface area contributed by atoms with Crippen LogP contribution in [-0.4, -0.2) is 26.3 Å². The summed E-state index contributed by atoms with van der Waals surface area (Å²) in [5, 5.41) is 7.42. The third-order valence-electron chi connectivity index (χ3n) is 0. The van der Waals surface area contributed by atoms with Crippen LogP contribution in [0.1, 0.15) is 6.92 Å². The van der Waals surface area contributed by atoms with Crippen molar-refractivity contribution in [2.24, 2.45) is 0 Å². The van der Waals surface area contributed by atoms with Crippen LogP contribution in [0.15, 0.2) is 0 Å². The Morgan fingerprint density at radius 3 is 1.40 bits per heavy atom. The van der Waals surface area contributed by atoms with Crippen LogP contribution in [0.3, 0.4) is 0 Å². The van der Waals surface area contributed by atoms with E-state index >= 15 is 0 Å². The van der Waals surface area contributed by atoms with Gasteiger partial charge in [0.15, 0.2) is 0 Å². The zero-order valence-electron chi connectivity index (χ0n) is 5.16. The van der Waals surface area contributed by atoms with Gasteiger partial charge in [0.25, 0.3) is 5.97 Å². The summed E-state index contributed by atoms with van der Waals surface area (Å²) in [6, 6.07) is 0. The molecule has 0 atom stereocenters. The molecule has 0 aromatic heterocycles.